The molecule has 1 amide bonds. The van der Waals surface area contributed by atoms with Crippen LogP contribution in [-0.4, -0.2) is 23.9 Å². The maximum atomic E-state index is 11.7. The summed E-state index contributed by atoms with van der Waals surface area (Å²) in [6.45, 7) is 7.65. The first kappa shape index (κ1) is 12.0. The van der Waals surface area contributed by atoms with E-state index in [1.165, 1.54) is 0 Å². The zero-order valence-corrected chi connectivity index (χ0v) is 9.03. The number of amides is 1. The lowest BCUT2D eigenvalue weighted by Crippen LogP contribution is -2.38. The van der Waals surface area contributed by atoms with Crippen molar-refractivity contribution in [2.24, 2.45) is 11.8 Å². The van der Waals surface area contributed by atoms with Gasteiger partial charge in [-0.05, 0) is 19.8 Å². The highest BCUT2D eigenvalue weighted by Gasteiger charge is 2.25. The van der Waals surface area contributed by atoms with Gasteiger partial charge >= 0.3 is 0 Å². The van der Waals surface area contributed by atoms with Crippen molar-refractivity contribution in [1.82, 2.24) is 4.90 Å². The number of hydrogen-bond donors (Lipinski definition) is 0. The molecule has 13 heavy (non-hydrogen) atoms. The molecule has 0 bridgehead atoms. The molecular weight excluding hydrogens is 164 g/mol. The fraction of sp³-hybridized carbons (Fsp3) is 0.800. The second kappa shape index (κ2) is 4.86. The SMILES string of the molecule is CC(C)C(C#N)C(=O)N(C)C(C)C. The average Bonchev–Trinajstić information content (AvgIpc) is 2.03. The molecule has 0 radical (unpaired) electrons. The molecule has 0 aliphatic heterocycles. The fourth-order valence-electron chi connectivity index (χ4n) is 0.963. The third kappa shape index (κ3) is 3.06. The molecule has 0 N–H and O–H groups in total. The summed E-state index contributed by atoms with van der Waals surface area (Å²) >= 11 is 0. The van der Waals surface area contributed by atoms with E-state index < -0.39 is 5.92 Å². The Bertz CT molecular complexity index is 215. The lowest BCUT2D eigenvalue weighted by atomic mass is 9.96. The van der Waals surface area contributed by atoms with Crippen LogP contribution in [0, 0.1) is 23.2 Å². The summed E-state index contributed by atoms with van der Waals surface area (Å²) in [5.41, 5.74) is 0. The Kier molecular flexibility index (Phi) is 4.47. The number of carbonyl (C=O) groups is 1. The lowest BCUT2D eigenvalue weighted by molar-refractivity contribution is -0.135. The van der Waals surface area contributed by atoms with E-state index in [-0.39, 0.29) is 17.9 Å². The molecule has 0 rings (SSSR count). The monoisotopic (exact) mass is 182 g/mol. The molecule has 0 fully saturated rings. The van der Waals surface area contributed by atoms with Gasteiger partial charge in [0.25, 0.3) is 0 Å². The summed E-state index contributed by atoms with van der Waals surface area (Å²) in [4.78, 5) is 13.3. The molecule has 74 valence electrons. The number of carbonyl (C=O) groups excluding carboxylic acids is 1. The van der Waals surface area contributed by atoms with Crippen molar-refractivity contribution in [3.8, 4) is 6.07 Å². The van der Waals surface area contributed by atoms with Gasteiger partial charge in [-0.25, -0.2) is 0 Å². The van der Waals surface area contributed by atoms with Crippen LogP contribution < -0.4 is 0 Å². The largest absolute Gasteiger partial charge is 0.342 e. The molecule has 1 unspecified atom stereocenters. The second-order valence-corrected chi connectivity index (χ2v) is 3.89. The lowest BCUT2D eigenvalue weighted by Gasteiger charge is -2.25. The molecule has 0 aromatic carbocycles. The second-order valence-electron chi connectivity index (χ2n) is 3.89. The van der Waals surface area contributed by atoms with E-state index in [1.54, 1.807) is 11.9 Å². The first-order valence-corrected chi connectivity index (χ1v) is 4.58. The molecule has 0 aliphatic carbocycles. The summed E-state index contributed by atoms with van der Waals surface area (Å²) in [5.74, 6) is -0.501. The van der Waals surface area contributed by atoms with Gasteiger partial charge in [-0.15, -0.1) is 0 Å². The Hall–Kier alpha value is -1.04. The molecule has 3 heteroatoms. The van der Waals surface area contributed by atoms with Gasteiger partial charge < -0.3 is 4.90 Å². The van der Waals surface area contributed by atoms with Gasteiger partial charge in [-0.3, -0.25) is 4.79 Å². The van der Waals surface area contributed by atoms with Crippen molar-refractivity contribution < 1.29 is 4.79 Å². The number of hydrogen-bond acceptors (Lipinski definition) is 2. The van der Waals surface area contributed by atoms with Gasteiger partial charge in [0.05, 0.1) is 6.07 Å². The summed E-state index contributed by atoms with van der Waals surface area (Å²) in [6.07, 6.45) is 0. The Labute approximate surface area is 80.3 Å². The first-order chi connectivity index (χ1) is 5.91. The Morgan fingerprint density at radius 2 is 1.77 bits per heavy atom. The first-order valence-electron chi connectivity index (χ1n) is 4.58. The van der Waals surface area contributed by atoms with Crippen LogP contribution >= 0.6 is 0 Å². The summed E-state index contributed by atoms with van der Waals surface area (Å²) in [7, 11) is 1.74. The summed E-state index contributed by atoms with van der Waals surface area (Å²) in [6, 6.07) is 2.20. The molecule has 0 aliphatic rings. The van der Waals surface area contributed by atoms with Crippen LogP contribution in [0.5, 0.6) is 0 Å². The van der Waals surface area contributed by atoms with Crippen molar-refractivity contribution in [3.05, 3.63) is 0 Å². The molecule has 0 saturated heterocycles. The van der Waals surface area contributed by atoms with E-state index in [1.807, 2.05) is 33.8 Å². The smallest absolute Gasteiger partial charge is 0.240 e. The number of rotatable bonds is 3. The van der Waals surface area contributed by atoms with Crippen LogP contribution in [0.4, 0.5) is 0 Å². The minimum absolute atomic E-state index is 0.0764. The molecule has 0 saturated carbocycles. The topological polar surface area (TPSA) is 44.1 Å². The molecular formula is C10H18N2O. The van der Waals surface area contributed by atoms with Crippen molar-refractivity contribution in [1.29, 1.82) is 5.26 Å². The fourth-order valence-corrected chi connectivity index (χ4v) is 0.963. The van der Waals surface area contributed by atoms with Gasteiger partial charge in [0.15, 0.2) is 0 Å². The average molecular weight is 182 g/mol. The molecule has 3 nitrogen and oxygen atoms in total. The highest BCUT2D eigenvalue weighted by atomic mass is 16.2. The zero-order chi connectivity index (χ0) is 10.6. The number of nitriles is 1. The Morgan fingerprint density at radius 1 is 1.31 bits per heavy atom. The van der Waals surface area contributed by atoms with Crippen LogP contribution in [-0.2, 0) is 4.79 Å². The number of nitrogens with zero attached hydrogens (tertiary/aromatic N) is 2. The van der Waals surface area contributed by atoms with Gasteiger partial charge in [0.1, 0.15) is 5.92 Å². The van der Waals surface area contributed by atoms with Crippen LogP contribution in [0.15, 0.2) is 0 Å². The Morgan fingerprint density at radius 3 is 2.00 bits per heavy atom. The van der Waals surface area contributed by atoms with Crippen LogP contribution in [0.25, 0.3) is 0 Å². The highest BCUT2D eigenvalue weighted by Crippen LogP contribution is 2.13. The van der Waals surface area contributed by atoms with Crippen molar-refractivity contribution in [2.75, 3.05) is 7.05 Å². The maximum Gasteiger partial charge on any atom is 0.240 e. The summed E-state index contributed by atoms with van der Waals surface area (Å²) in [5, 5.41) is 8.80. The minimum atomic E-state index is -0.507. The van der Waals surface area contributed by atoms with E-state index in [0.717, 1.165) is 0 Å². The highest BCUT2D eigenvalue weighted by molar-refractivity contribution is 5.81. The predicted molar refractivity (Wildman–Crippen MR) is 51.8 cm³/mol. The van der Waals surface area contributed by atoms with Crippen LogP contribution in [0.1, 0.15) is 27.7 Å². The van der Waals surface area contributed by atoms with E-state index in [9.17, 15) is 4.79 Å². The third-order valence-corrected chi connectivity index (χ3v) is 2.19. The third-order valence-electron chi connectivity index (χ3n) is 2.19. The van der Waals surface area contributed by atoms with E-state index in [2.05, 4.69) is 0 Å². The van der Waals surface area contributed by atoms with Gasteiger partial charge in [0, 0.05) is 13.1 Å². The zero-order valence-electron chi connectivity index (χ0n) is 9.03. The Balaban J connectivity index is 4.49. The van der Waals surface area contributed by atoms with Crippen LogP contribution in [0.3, 0.4) is 0 Å². The predicted octanol–water partition coefficient (Wildman–Crippen LogP) is 1.65. The summed E-state index contributed by atoms with van der Waals surface area (Å²) < 4.78 is 0. The minimum Gasteiger partial charge on any atom is -0.342 e. The molecule has 0 aromatic heterocycles. The maximum absolute atomic E-state index is 11.7. The van der Waals surface area contributed by atoms with Gasteiger partial charge in [0.2, 0.25) is 5.91 Å². The molecule has 1 atom stereocenters. The van der Waals surface area contributed by atoms with Crippen LogP contribution in [0.2, 0.25) is 0 Å². The molecule has 0 aromatic rings. The van der Waals surface area contributed by atoms with E-state index in [0.29, 0.717) is 0 Å². The standard InChI is InChI=1S/C10H18N2O/c1-7(2)9(6-11)10(13)12(5)8(3)4/h7-9H,1-5H3. The quantitative estimate of drug-likeness (QED) is 0.666. The van der Waals surface area contributed by atoms with Gasteiger partial charge in [-0.1, -0.05) is 13.8 Å². The molecule has 0 heterocycles. The van der Waals surface area contributed by atoms with Gasteiger partial charge in [-0.2, -0.15) is 5.26 Å². The van der Waals surface area contributed by atoms with Crippen molar-refractivity contribution >= 4 is 5.91 Å². The van der Waals surface area contributed by atoms with Crippen molar-refractivity contribution in [3.63, 3.8) is 0 Å². The molecule has 0 spiro atoms. The van der Waals surface area contributed by atoms with Crippen molar-refractivity contribution in [2.45, 2.75) is 33.7 Å². The normalized spacial score (nSPS) is 12.8. The van der Waals surface area contributed by atoms with E-state index in [4.69, 9.17) is 5.26 Å². The van der Waals surface area contributed by atoms with E-state index >= 15 is 0 Å².